The zero-order valence-corrected chi connectivity index (χ0v) is 10.1. The smallest absolute Gasteiger partial charge is 0.0765 e. The van der Waals surface area contributed by atoms with E-state index in [9.17, 15) is 5.11 Å². The highest BCUT2D eigenvalue weighted by atomic mass is 16.5. The predicted molar refractivity (Wildman–Crippen MR) is 61.0 cm³/mol. The Kier molecular flexibility index (Phi) is 4.99. The molecule has 1 heterocycles. The summed E-state index contributed by atoms with van der Waals surface area (Å²) in [6, 6.07) is 0.531. The Hall–Kier alpha value is -0.160. The standard InChI is InChI=1S/C11H24N2O2/c1-11(14,5-7-15-3)9-12-10-4-6-13(2)8-10/h10,12,14H,4-9H2,1-3H3. The van der Waals surface area contributed by atoms with Crippen LogP contribution in [0.15, 0.2) is 0 Å². The molecule has 4 heteroatoms. The number of methoxy groups -OCH3 is 1. The van der Waals surface area contributed by atoms with Gasteiger partial charge in [-0.05, 0) is 26.9 Å². The minimum atomic E-state index is -0.656. The molecule has 2 N–H and O–H groups in total. The van der Waals surface area contributed by atoms with Crippen LogP contribution in [0.3, 0.4) is 0 Å². The van der Waals surface area contributed by atoms with E-state index in [0.717, 1.165) is 13.1 Å². The highest BCUT2D eigenvalue weighted by molar-refractivity contribution is 4.83. The van der Waals surface area contributed by atoms with Crippen molar-refractivity contribution in [2.45, 2.75) is 31.4 Å². The molecule has 0 radical (unpaired) electrons. The number of hydrogen-bond acceptors (Lipinski definition) is 4. The molecule has 1 rings (SSSR count). The normalized spacial score (nSPS) is 26.8. The zero-order chi connectivity index (χ0) is 11.3. The van der Waals surface area contributed by atoms with Gasteiger partial charge in [-0.25, -0.2) is 0 Å². The van der Waals surface area contributed by atoms with Crippen molar-refractivity contribution in [2.75, 3.05) is 40.4 Å². The number of ether oxygens (including phenoxy) is 1. The summed E-state index contributed by atoms with van der Waals surface area (Å²) >= 11 is 0. The fraction of sp³-hybridized carbons (Fsp3) is 1.00. The number of nitrogens with zero attached hydrogens (tertiary/aromatic N) is 1. The molecule has 0 aromatic heterocycles. The molecular formula is C11H24N2O2. The van der Waals surface area contributed by atoms with Crippen molar-refractivity contribution in [3.05, 3.63) is 0 Å². The van der Waals surface area contributed by atoms with Crippen LogP contribution in [0.1, 0.15) is 19.8 Å². The van der Waals surface area contributed by atoms with E-state index in [1.807, 2.05) is 6.92 Å². The van der Waals surface area contributed by atoms with Crippen LogP contribution in [-0.2, 0) is 4.74 Å². The second-order valence-corrected chi connectivity index (χ2v) is 4.87. The van der Waals surface area contributed by atoms with Gasteiger partial charge in [0, 0.05) is 39.3 Å². The maximum atomic E-state index is 10.0. The highest BCUT2D eigenvalue weighted by Crippen LogP contribution is 2.11. The first-order valence-electron chi connectivity index (χ1n) is 5.67. The average Bonchev–Trinajstić information content (AvgIpc) is 2.59. The summed E-state index contributed by atoms with van der Waals surface area (Å²) in [6.07, 6.45) is 1.86. The van der Waals surface area contributed by atoms with E-state index in [2.05, 4.69) is 17.3 Å². The maximum absolute atomic E-state index is 10.0. The van der Waals surface area contributed by atoms with Gasteiger partial charge in [0.2, 0.25) is 0 Å². The number of hydrogen-bond donors (Lipinski definition) is 2. The molecule has 90 valence electrons. The fourth-order valence-electron chi connectivity index (χ4n) is 1.88. The van der Waals surface area contributed by atoms with E-state index in [4.69, 9.17) is 4.74 Å². The topological polar surface area (TPSA) is 44.7 Å². The number of rotatable bonds is 6. The highest BCUT2D eigenvalue weighted by Gasteiger charge is 2.24. The van der Waals surface area contributed by atoms with Crippen molar-refractivity contribution in [1.82, 2.24) is 10.2 Å². The molecule has 0 aromatic carbocycles. The lowest BCUT2D eigenvalue weighted by molar-refractivity contribution is 0.0230. The van der Waals surface area contributed by atoms with Gasteiger partial charge in [-0.1, -0.05) is 0 Å². The molecule has 2 atom stereocenters. The predicted octanol–water partition coefficient (Wildman–Crippen LogP) is 0.0676. The number of likely N-dealkylation sites (N-methyl/N-ethyl adjacent to an activating group) is 1. The number of nitrogens with one attached hydrogen (secondary N) is 1. The van der Waals surface area contributed by atoms with Gasteiger partial charge < -0.3 is 20.1 Å². The molecule has 2 unspecified atom stereocenters. The molecule has 0 saturated carbocycles. The second kappa shape index (κ2) is 5.80. The maximum Gasteiger partial charge on any atom is 0.0765 e. The molecule has 0 aromatic rings. The summed E-state index contributed by atoms with van der Waals surface area (Å²) in [4.78, 5) is 2.31. The third-order valence-corrected chi connectivity index (χ3v) is 3.01. The molecule has 0 bridgehead atoms. The van der Waals surface area contributed by atoms with Gasteiger partial charge in [-0.2, -0.15) is 0 Å². The van der Waals surface area contributed by atoms with E-state index < -0.39 is 5.60 Å². The van der Waals surface area contributed by atoms with Gasteiger partial charge in [0.1, 0.15) is 0 Å². The average molecular weight is 216 g/mol. The van der Waals surface area contributed by atoms with E-state index in [1.165, 1.54) is 6.42 Å². The first kappa shape index (κ1) is 12.9. The monoisotopic (exact) mass is 216 g/mol. The van der Waals surface area contributed by atoms with Crippen molar-refractivity contribution in [2.24, 2.45) is 0 Å². The molecule has 0 amide bonds. The van der Waals surface area contributed by atoms with E-state index in [0.29, 0.717) is 25.6 Å². The van der Waals surface area contributed by atoms with Crippen molar-refractivity contribution >= 4 is 0 Å². The molecular weight excluding hydrogens is 192 g/mol. The van der Waals surface area contributed by atoms with Crippen LogP contribution in [-0.4, -0.2) is 62.0 Å². The molecule has 1 saturated heterocycles. The summed E-state index contributed by atoms with van der Waals surface area (Å²) in [6.45, 7) is 5.35. The number of likely N-dealkylation sites (tertiary alicyclic amines) is 1. The SMILES string of the molecule is COCCC(C)(O)CNC1CCN(C)C1. The minimum Gasteiger partial charge on any atom is -0.389 e. The van der Waals surface area contributed by atoms with Gasteiger partial charge in [-0.3, -0.25) is 0 Å². The van der Waals surface area contributed by atoms with Gasteiger partial charge >= 0.3 is 0 Å². The summed E-state index contributed by atoms with van der Waals surface area (Å²) in [7, 11) is 3.79. The van der Waals surface area contributed by atoms with Crippen LogP contribution in [0.5, 0.6) is 0 Å². The fourth-order valence-corrected chi connectivity index (χ4v) is 1.88. The lowest BCUT2D eigenvalue weighted by Crippen LogP contribution is -2.44. The van der Waals surface area contributed by atoms with Crippen molar-refractivity contribution in [3.8, 4) is 0 Å². The van der Waals surface area contributed by atoms with E-state index >= 15 is 0 Å². The molecule has 1 aliphatic rings. The Morgan fingerprint density at radius 2 is 2.33 bits per heavy atom. The van der Waals surface area contributed by atoms with Gasteiger partial charge in [0.25, 0.3) is 0 Å². The quantitative estimate of drug-likeness (QED) is 0.659. The number of aliphatic hydroxyl groups is 1. The summed E-state index contributed by atoms with van der Waals surface area (Å²) in [5.41, 5.74) is -0.656. The van der Waals surface area contributed by atoms with Crippen LogP contribution >= 0.6 is 0 Å². The van der Waals surface area contributed by atoms with Crippen LogP contribution < -0.4 is 5.32 Å². The van der Waals surface area contributed by atoms with Crippen LogP contribution in [0.4, 0.5) is 0 Å². The largest absolute Gasteiger partial charge is 0.389 e. The second-order valence-electron chi connectivity index (χ2n) is 4.87. The Morgan fingerprint density at radius 1 is 1.60 bits per heavy atom. The molecule has 4 nitrogen and oxygen atoms in total. The van der Waals surface area contributed by atoms with Crippen LogP contribution in [0.25, 0.3) is 0 Å². The molecule has 0 aliphatic carbocycles. The Labute approximate surface area is 92.6 Å². The molecule has 1 fully saturated rings. The van der Waals surface area contributed by atoms with E-state index in [-0.39, 0.29) is 0 Å². The van der Waals surface area contributed by atoms with Crippen LogP contribution in [0.2, 0.25) is 0 Å². The molecule has 15 heavy (non-hydrogen) atoms. The van der Waals surface area contributed by atoms with Crippen molar-refractivity contribution < 1.29 is 9.84 Å². The zero-order valence-electron chi connectivity index (χ0n) is 10.1. The minimum absolute atomic E-state index is 0.531. The summed E-state index contributed by atoms with van der Waals surface area (Å²) in [5, 5.41) is 13.4. The Bertz CT molecular complexity index is 185. The van der Waals surface area contributed by atoms with Crippen LogP contribution in [0, 0.1) is 0 Å². The first-order chi connectivity index (χ1) is 7.03. The lowest BCUT2D eigenvalue weighted by atomic mass is 10.0. The Morgan fingerprint density at radius 3 is 2.87 bits per heavy atom. The third-order valence-electron chi connectivity index (χ3n) is 3.01. The summed E-state index contributed by atoms with van der Waals surface area (Å²) < 4.78 is 4.97. The van der Waals surface area contributed by atoms with Crippen molar-refractivity contribution in [3.63, 3.8) is 0 Å². The third kappa shape index (κ3) is 4.93. The van der Waals surface area contributed by atoms with Gasteiger partial charge in [0.05, 0.1) is 5.60 Å². The lowest BCUT2D eigenvalue weighted by Gasteiger charge is -2.25. The van der Waals surface area contributed by atoms with Gasteiger partial charge in [-0.15, -0.1) is 0 Å². The van der Waals surface area contributed by atoms with Crippen molar-refractivity contribution in [1.29, 1.82) is 0 Å². The first-order valence-corrected chi connectivity index (χ1v) is 5.67. The molecule has 1 aliphatic heterocycles. The molecule has 0 spiro atoms. The van der Waals surface area contributed by atoms with E-state index in [1.54, 1.807) is 7.11 Å². The Balaban J connectivity index is 2.17. The summed E-state index contributed by atoms with van der Waals surface area (Å²) in [5.74, 6) is 0. The van der Waals surface area contributed by atoms with Gasteiger partial charge in [0.15, 0.2) is 0 Å².